The van der Waals surface area contributed by atoms with Gasteiger partial charge in [-0.05, 0) is 26.8 Å². The fourth-order valence-electron chi connectivity index (χ4n) is 1.38. The van der Waals surface area contributed by atoms with Gasteiger partial charge in [-0.3, -0.25) is 4.79 Å². The quantitative estimate of drug-likeness (QED) is 0.805. The van der Waals surface area contributed by atoms with Gasteiger partial charge in [0.05, 0.1) is 0 Å². The van der Waals surface area contributed by atoms with Crippen molar-refractivity contribution in [1.82, 2.24) is 0 Å². The minimum atomic E-state index is -0.653. The van der Waals surface area contributed by atoms with Crippen LogP contribution in [0.3, 0.4) is 0 Å². The fraction of sp³-hybridized carbons (Fsp3) is 0.417. The summed E-state index contributed by atoms with van der Waals surface area (Å²) in [6, 6.07) is 5.53. The van der Waals surface area contributed by atoms with Crippen LogP contribution in [0, 0.1) is 6.92 Å². The number of hydrogen-bond donors (Lipinski definition) is 2. The van der Waals surface area contributed by atoms with Crippen molar-refractivity contribution >= 4 is 5.91 Å². The minimum Gasteiger partial charge on any atom is -0.481 e. The summed E-state index contributed by atoms with van der Waals surface area (Å²) < 4.78 is 5.47. The van der Waals surface area contributed by atoms with Crippen LogP contribution in [-0.2, 0) is 4.79 Å². The molecule has 0 fully saturated rings. The van der Waals surface area contributed by atoms with Crippen molar-refractivity contribution in [2.24, 2.45) is 11.5 Å². The fourth-order valence-corrected chi connectivity index (χ4v) is 1.38. The van der Waals surface area contributed by atoms with Gasteiger partial charge in [-0.1, -0.05) is 17.7 Å². The van der Waals surface area contributed by atoms with E-state index in [0.717, 1.165) is 11.1 Å². The molecule has 0 heterocycles. The van der Waals surface area contributed by atoms with Crippen molar-refractivity contribution in [3.8, 4) is 5.75 Å². The molecule has 0 spiro atoms. The number of carbonyl (C=O) groups is 1. The van der Waals surface area contributed by atoms with Gasteiger partial charge in [0.2, 0.25) is 0 Å². The Kier molecular flexibility index (Phi) is 3.90. The maximum Gasteiger partial charge on any atom is 0.258 e. The largest absolute Gasteiger partial charge is 0.481 e. The lowest BCUT2D eigenvalue weighted by molar-refractivity contribution is -0.124. The number of rotatable bonds is 4. The van der Waals surface area contributed by atoms with E-state index in [1.165, 1.54) is 0 Å². The van der Waals surface area contributed by atoms with Gasteiger partial charge in [-0.15, -0.1) is 0 Å². The number of aryl methyl sites for hydroxylation is 1. The van der Waals surface area contributed by atoms with Crippen LogP contribution in [0.1, 0.15) is 31.0 Å². The molecule has 0 radical (unpaired) electrons. The molecule has 1 aromatic carbocycles. The average Bonchev–Trinajstić information content (AvgIpc) is 2.20. The third-order valence-corrected chi connectivity index (χ3v) is 2.36. The maximum absolute atomic E-state index is 10.9. The van der Waals surface area contributed by atoms with Crippen LogP contribution in [0.5, 0.6) is 5.75 Å². The summed E-state index contributed by atoms with van der Waals surface area (Å²) in [5.74, 6) is 0.128. The first kappa shape index (κ1) is 12.5. The number of benzene rings is 1. The second-order valence-corrected chi connectivity index (χ2v) is 3.99. The normalized spacial score (nSPS) is 14.2. The molecule has 0 saturated carbocycles. The zero-order valence-electron chi connectivity index (χ0n) is 9.86. The van der Waals surface area contributed by atoms with E-state index in [0.29, 0.717) is 5.75 Å². The number of amides is 1. The summed E-state index contributed by atoms with van der Waals surface area (Å²) in [4.78, 5) is 10.9. The lowest BCUT2D eigenvalue weighted by atomic mass is 10.1. The SMILES string of the molecule is Cc1ccc(OC(C)C(N)=O)c([C@@H](C)N)c1. The second kappa shape index (κ2) is 4.99. The predicted octanol–water partition coefficient (Wildman–Crippen LogP) is 1.27. The summed E-state index contributed by atoms with van der Waals surface area (Å²) in [6.45, 7) is 5.47. The highest BCUT2D eigenvalue weighted by Crippen LogP contribution is 2.25. The van der Waals surface area contributed by atoms with Crippen LogP contribution >= 0.6 is 0 Å². The molecule has 2 atom stereocenters. The molecule has 0 aliphatic carbocycles. The molecule has 4 N–H and O–H groups in total. The maximum atomic E-state index is 10.9. The molecule has 16 heavy (non-hydrogen) atoms. The van der Waals surface area contributed by atoms with Crippen molar-refractivity contribution in [2.45, 2.75) is 32.9 Å². The van der Waals surface area contributed by atoms with E-state index in [2.05, 4.69) is 0 Å². The highest BCUT2D eigenvalue weighted by molar-refractivity contribution is 5.78. The number of carbonyl (C=O) groups excluding carboxylic acids is 1. The Morgan fingerprint density at radius 2 is 2.00 bits per heavy atom. The van der Waals surface area contributed by atoms with Crippen LogP contribution in [0.25, 0.3) is 0 Å². The standard InChI is InChI=1S/C12H18N2O2/c1-7-4-5-11(10(6-7)8(2)13)16-9(3)12(14)15/h4-6,8-9H,13H2,1-3H3,(H2,14,15)/t8-,9?/m1/s1. The third-order valence-electron chi connectivity index (χ3n) is 2.36. The van der Waals surface area contributed by atoms with Crippen molar-refractivity contribution in [3.63, 3.8) is 0 Å². The van der Waals surface area contributed by atoms with E-state index in [1.807, 2.05) is 32.0 Å². The first-order chi connectivity index (χ1) is 7.41. The summed E-state index contributed by atoms with van der Waals surface area (Å²) in [5, 5.41) is 0. The van der Waals surface area contributed by atoms with Gasteiger partial charge in [0, 0.05) is 11.6 Å². The Morgan fingerprint density at radius 3 is 2.50 bits per heavy atom. The van der Waals surface area contributed by atoms with Crippen LogP contribution in [0.2, 0.25) is 0 Å². The Bertz CT molecular complexity index is 389. The van der Waals surface area contributed by atoms with Gasteiger partial charge >= 0.3 is 0 Å². The Labute approximate surface area is 95.6 Å². The molecule has 4 heteroatoms. The zero-order valence-corrected chi connectivity index (χ0v) is 9.86. The lowest BCUT2D eigenvalue weighted by Gasteiger charge is -2.17. The molecular formula is C12H18N2O2. The molecule has 88 valence electrons. The van der Waals surface area contributed by atoms with Crippen molar-refractivity contribution in [1.29, 1.82) is 0 Å². The number of hydrogen-bond acceptors (Lipinski definition) is 3. The molecule has 0 aliphatic rings. The van der Waals surface area contributed by atoms with Gasteiger partial charge < -0.3 is 16.2 Å². The molecule has 0 bridgehead atoms. The Hall–Kier alpha value is -1.55. The molecule has 0 aromatic heterocycles. The van der Waals surface area contributed by atoms with Crippen LogP contribution in [-0.4, -0.2) is 12.0 Å². The molecule has 1 aromatic rings. The molecule has 0 aliphatic heterocycles. The van der Waals surface area contributed by atoms with Gasteiger partial charge in [0.25, 0.3) is 5.91 Å². The summed E-state index contributed by atoms with van der Waals surface area (Å²) >= 11 is 0. The third kappa shape index (κ3) is 2.97. The van der Waals surface area contributed by atoms with Crippen molar-refractivity contribution < 1.29 is 9.53 Å². The first-order valence-corrected chi connectivity index (χ1v) is 5.24. The highest BCUT2D eigenvalue weighted by Gasteiger charge is 2.14. The van der Waals surface area contributed by atoms with Gasteiger partial charge in [-0.2, -0.15) is 0 Å². The topological polar surface area (TPSA) is 78.3 Å². The summed E-state index contributed by atoms with van der Waals surface area (Å²) in [5.41, 5.74) is 13.0. The molecule has 1 unspecified atom stereocenters. The molecule has 4 nitrogen and oxygen atoms in total. The van der Waals surface area contributed by atoms with E-state index >= 15 is 0 Å². The van der Waals surface area contributed by atoms with E-state index in [9.17, 15) is 4.79 Å². The Balaban J connectivity index is 2.99. The van der Waals surface area contributed by atoms with Gasteiger partial charge in [0.1, 0.15) is 5.75 Å². The van der Waals surface area contributed by atoms with Gasteiger partial charge in [-0.25, -0.2) is 0 Å². The van der Waals surface area contributed by atoms with Crippen molar-refractivity contribution in [2.75, 3.05) is 0 Å². The number of primary amides is 1. The smallest absolute Gasteiger partial charge is 0.258 e. The molecule has 0 saturated heterocycles. The van der Waals surface area contributed by atoms with Crippen LogP contribution < -0.4 is 16.2 Å². The molecular weight excluding hydrogens is 204 g/mol. The van der Waals surface area contributed by atoms with Crippen molar-refractivity contribution in [3.05, 3.63) is 29.3 Å². The highest BCUT2D eigenvalue weighted by atomic mass is 16.5. The predicted molar refractivity (Wildman–Crippen MR) is 63.1 cm³/mol. The lowest BCUT2D eigenvalue weighted by Crippen LogP contribution is -2.31. The monoisotopic (exact) mass is 222 g/mol. The van der Waals surface area contributed by atoms with E-state index < -0.39 is 12.0 Å². The van der Waals surface area contributed by atoms with E-state index in [1.54, 1.807) is 6.92 Å². The molecule has 1 amide bonds. The second-order valence-electron chi connectivity index (χ2n) is 3.99. The first-order valence-electron chi connectivity index (χ1n) is 5.24. The average molecular weight is 222 g/mol. The zero-order chi connectivity index (χ0) is 12.3. The van der Waals surface area contributed by atoms with E-state index in [4.69, 9.17) is 16.2 Å². The summed E-state index contributed by atoms with van der Waals surface area (Å²) in [7, 11) is 0. The van der Waals surface area contributed by atoms with E-state index in [-0.39, 0.29) is 6.04 Å². The Morgan fingerprint density at radius 1 is 1.38 bits per heavy atom. The minimum absolute atomic E-state index is 0.144. The number of nitrogens with two attached hydrogens (primary N) is 2. The number of ether oxygens (including phenoxy) is 1. The van der Waals surface area contributed by atoms with Gasteiger partial charge in [0.15, 0.2) is 6.10 Å². The van der Waals surface area contributed by atoms with Crippen LogP contribution in [0.15, 0.2) is 18.2 Å². The summed E-state index contributed by atoms with van der Waals surface area (Å²) in [6.07, 6.45) is -0.653. The molecule has 1 rings (SSSR count). The van der Waals surface area contributed by atoms with Crippen LogP contribution in [0.4, 0.5) is 0 Å².